The monoisotopic (exact) mass is 357 g/mol. The lowest BCUT2D eigenvalue weighted by molar-refractivity contribution is 0.412. The average Bonchev–Trinajstić information content (AvgIpc) is 2.35. The predicted octanol–water partition coefficient (Wildman–Crippen LogP) is 4.41. The fourth-order valence-electron chi connectivity index (χ4n) is 1.25. The maximum Gasteiger partial charge on any atom is 0.174 e. The molecule has 5 heteroatoms. The lowest BCUT2D eigenvalue weighted by Crippen LogP contribution is -1.89. The molecule has 0 aliphatic rings. The second kappa shape index (κ2) is 5.51. The summed E-state index contributed by atoms with van der Waals surface area (Å²) in [7, 11) is 1.63. The van der Waals surface area contributed by atoms with Crippen LogP contribution in [-0.2, 0) is 0 Å². The van der Waals surface area contributed by atoms with Gasteiger partial charge in [0, 0.05) is 6.20 Å². The zero-order valence-corrected chi connectivity index (χ0v) is 12.2. The van der Waals surface area contributed by atoms with Gasteiger partial charge >= 0.3 is 0 Å². The first-order chi connectivity index (χ1) is 8.20. The summed E-state index contributed by atoms with van der Waals surface area (Å²) in [6, 6.07) is 9.18. The second-order valence-electron chi connectivity index (χ2n) is 3.19. The van der Waals surface area contributed by atoms with Gasteiger partial charge in [-0.1, -0.05) is 0 Å². The lowest BCUT2D eigenvalue weighted by atomic mass is 10.3. The first-order valence-corrected chi connectivity index (χ1v) is 6.41. The van der Waals surface area contributed by atoms with Crippen LogP contribution >= 0.6 is 31.9 Å². The summed E-state index contributed by atoms with van der Waals surface area (Å²) in [5, 5.41) is 0. The third-order valence-electron chi connectivity index (χ3n) is 2.09. The highest BCUT2D eigenvalue weighted by Gasteiger charge is 2.08. The molecule has 3 nitrogen and oxygen atoms in total. The van der Waals surface area contributed by atoms with Crippen molar-refractivity contribution in [2.75, 3.05) is 7.11 Å². The van der Waals surface area contributed by atoms with E-state index in [9.17, 15) is 0 Å². The Bertz CT molecular complexity index is 494. The molecule has 2 aromatic rings. The van der Waals surface area contributed by atoms with Gasteiger partial charge < -0.3 is 9.47 Å². The first kappa shape index (κ1) is 12.4. The van der Waals surface area contributed by atoms with E-state index in [-0.39, 0.29) is 0 Å². The van der Waals surface area contributed by atoms with E-state index in [0.717, 1.165) is 16.0 Å². The van der Waals surface area contributed by atoms with Crippen molar-refractivity contribution in [2.45, 2.75) is 0 Å². The van der Waals surface area contributed by atoms with E-state index < -0.39 is 0 Å². The van der Waals surface area contributed by atoms with Gasteiger partial charge in [-0.05, 0) is 62.2 Å². The molecule has 0 saturated heterocycles. The Labute approximate surface area is 116 Å². The van der Waals surface area contributed by atoms with Crippen LogP contribution in [0, 0.1) is 0 Å². The molecule has 1 heterocycles. The van der Waals surface area contributed by atoms with Crippen LogP contribution in [0.5, 0.6) is 17.2 Å². The molecule has 17 heavy (non-hydrogen) atoms. The van der Waals surface area contributed by atoms with E-state index in [1.54, 1.807) is 13.3 Å². The summed E-state index contributed by atoms with van der Waals surface area (Å²) >= 11 is 6.75. The molecule has 0 fully saturated rings. The lowest BCUT2D eigenvalue weighted by Gasteiger charge is -2.09. The van der Waals surface area contributed by atoms with Crippen LogP contribution in [0.15, 0.2) is 45.6 Å². The van der Waals surface area contributed by atoms with E-state index in [4.69, 9.17) is 9.47 Å². The summed E-state index contributed by atoms with van der Waals surface area (Å²) in [4.78, 5) is 4.11. The number of benzene rings is 1. The maximum atomic E-state index is 5.73. The van der Waals surface area contributed by atoms with Crippen molar-refractivity contribution in [3.8, 4) is 17.2 Å². The Morgan fingerprint density at radius 1 is 1.00 bits per heavy atom. The minimum absolute atomic E-state index is 0.651. The van der Waals surface area contributed by atoms with Crippen LogP contribution in [0.4, 0.5) is 0 Å². The topological polar surface area (TPSA) is 31.4 Å². The first-order valence-electron chi connectivity index (χ1n) is 4.82. The third-order valence-corrected chi connectivity index (χ3v) is 3.28. The third kappa shape index (κ3) is 2.98. The number of ether oxygens (including phenoxy) is 2. The van der Waals surface area contributed by atoms with Gasteiger partial charge in [-0.3, -0.25) is 0 Å². The highest BCUT2D eigenvalue weighted by atomic mass is 79.9. The highest BCUT2D eigenvalue weighted by Crippen LogP contribution is 2.35. The van der Waals surface area contributed by atoms with Crippen LogP contribution < -0.4 is 9.47 Å². The molecule has 0 N–H and O–H groups in total. The van der Waals surface area contributed by atoms with Crippen molar-refractivity contribution in [1.29, 1.82) is 0 Å². The van der Waals surface area contributed by atoms with Crippen molar-refractivity contribution in [3.05, 3.63) is 45.6 Å². The van der Waals surface area contributed by atoms with Gasteiger partial charge in [0.1, 0.15) is 16.1 Å². The number of hydrogen-bond acceptors (Lipinski definition) is 3. The van der Waals surface area contributed by atoms with Crippen molar-refractivity contribution >= 4 is 31.9 Å². The van der Waals surface area contributed by atoms with Crippen LogP contribution in [0.25, 0.3) is 0 Å². The van der Waals surface area contributed by atoms with Crippen LogP contribution in [0.1, 0.15) is 0 Å². The number of rotatable bonds is 3. The Morgan fingerprint density at radius 3 is 2.24 bits per heavy atom. The van der Waals surface area contributed by atoms with Crippen LogP contribution in [0.2, 0.25) is 0 Å². The summed E-state index contributed by atoms with van der Waals surface area (Å²) < 4.78 is 12.3. The number of nitrogens with zero attached hydrogens (tertiary/aromatic N) is 1. The summed E-state index contributed by atoms with van der Waals surface area (Å²) in [5.41, 5.74) is 0. The summed E-state index contributed by atoms with van der Waals surface area (Å²) in [6.45, 7) is 0. The molecule has 0 spiro atoms. The van der Waals surface area contributed by atoms with E-state index in [0.29, 0.717) is 10.4 Å². The maximum absolute atomic E-state index is 5.73. The van der Waals surface area contributed by atoms with E-state index >= 15 is 0 Å². The molecule has 0 bridgehead atoms. The largest absolute Gasteiger partial charge is 0.497 e. The van der Waals surface area contributed by atoms with E-state index in [1.165, 1.54) is 0 Å². The van der Waals surface area contributed by atoms with Crippen molar-refractivity contribution in [2.24, 2.45) is 0 Å². The molecule has 0 unspecified atom stereocenters. The number of methoxy groups -OCH3 is 1. The Kier molecular flexibility index (Phi) is 4.02. The van der Waals surface area contributed by atoms with Gasteiger partial charge in [-0.2, -0.15) is 0 Å². The molecule has 2 rings (SSSR count). The predicted molar refractivity (Wildman–Crippen MR) is 72.7 cm³/mol. The van der Waals surface area contributed by atoms with Crippen molar-refractivity contribution in [3.63, 3.8) is 0 Å². The SMILES string of the molecule is COc1ccc(Oc2c(Br)ccnc2Br)cc1. The Hall–Kier alpha value is -1.07. The molecule has 0 atom stereocenters. The molecular formula is C12H9Br2NO2. The number of pyridine rings is 1. The molecule has 0 saturated carbocycles. The van der Waals surface area contributed by atoms with Gasteiger partial charge in [0.2, 0.25) is 0 Å². The van der Waals surface area contributed by atoms with Gasteiger partial charge in [0.15, 0.2) is 5.75 Å². The number of hydrogen-bond donors (Lipinski definition) is 0. The normalized spacial score (nSPS) is 10.1. The van der Waals surface area contributed by atoms with Gasteiger partial charge in [0.05, 0.1) is 11.6 Å². The van der Waals surface area contributed by atoms with Gasteiger partial charge in [-0.15, -0.1) is 0 Å². The highest BCUT2D eigenvalue weighted by molar-refractivity contribution is 9.11. The Morgan fingerprint density at radius 2 is 1.65 bits per heavy atom. The van der Waals surface area contributed by atoms with Gasteiger partial charge in [-0.25, -0.2) is 4.98 Å². The van der Waals surface area contributed by atoms with E-state index in [2.05, 4.69) is 36.8 Å². The smallest absolute Gasteiger partial charge is 0.174 e. The quantitative estimate of drug-likeness (QED) is 0.761. The fourth-order valence-corrected chi connectivity index (χ4v) is 2.32. The summed E-state index contributed by atoms with van der Waals surface area (Å²) in [6.07, 6.45) is 1.69. The standard InChI is InChI=1S/C12H9Br2NO2/c1-16-8-2-4-9(5-3-8)17-11-10(13)6-7-15-12(11)14/h2-7H,1H3. The van der Waals surface area contributed by atoms with Crippen LogP contribution in [-0.4, -0.2) is 12.1 Å². The van der Waals surface area contributed by atoms with Gasteiger partial charge in [0.25, 0.3) is 0 Å². The molecule has 88 valence electrons. The molecule has 1 aromatic carbocycles. The number of aromatic nitrogens is 1. The minimum atomic E-state index is 0.651. The molecule has 1 aromatic heterocycles. The van der Waals surface area contributed by atoms with Crippen molar-refractivity contribution in [1.82, 2.24) is 4.98 Å². The summed E-state index contributed by atoms with van der Waals surface area (Å²) in [5.74, 6) is 2.17. The molecule has 0 amide bonds. The molecular weight excluding hydrogens is 350 g/mol. The van der Waals surface area contributed by atoms with Crippen molar-refractivity contribution < 1.29 is 9.47 Å². The Balaban J connectivity index is 2.25. The number of halogens is 2. The van der Waals surface area contributed by atoms with E-state index in [1.807, 2.05) is 30.3 Å². The average molecular weight is 359 g/mol. The molecule has 0 radical (unpaired) electrons. The minimum Gasteiger partial charge on any atom is -0.497 e. The fraction of sp³-hybridized carbons (Fsp3) is 0.0833. The second-order valence-corrected chi connectivity index (χ2v) is 4.80. The zero-order valence-electron chi connectivity index (χ0n) is 8.98. The van der Waals surface area contributed by atoms with Crippen LogP contribution in [0.3, 0.4) is 0 Å². The molecule has 0 aliphatic carbocycles. The molecule has 0 aliphatic heterocycles. The zero-order chi connectivity index (χ0) is 12.3.